The van der Waals surface area contributed by atoms with Crippen LogP contribution >= 0.6 is 39.3 Å². The van der Waals surface area contributed by atoms with E-state index in [9.17, 15) is 10.2 Å². The van der Waals surface area contributed by atoms with Gasteiger partial charge in [0.1, 0.15) is 5.15 Å². The second-order valence-corrected chi connectivity index (χ2v) is 8.51. The molecule has 2 N–H and O–H groups in total. The molecule has 1 aliphatic carbocycles. The maximum atomic E-state index is 11.5. The number of hydrogen-bond acceptors (Lipinski definition) is 5. The van der Waals surface area contributed by atoms with E-state index in [1.165, 1.54) is 11.8 Å². The van der Waals surface area contributed by atoms with Gasteiger partial charge in [0.2, 0.25) is 0 Å². The number of hydrogen-bond donors (Lipinski definition) is 2. The molecule has 134 valence electrons. The van der Waals surface area contributed by atoms with Gasteiger partial charge in [-0.15, -0.1) is 0 Å². The molecule has 1 aromatic carbocycles. The molecule has 0 saturated heterocycles. The number of benzene rings is 1. The fourth-order valence-corrected chi connectivity index (χ4v) is 4.48. The van der Waals surface area contributed by atoms with Crippen LogP contribution in [0.15, 0.2) is 27.8 Å². The summed E-state index contributed by atoms with van der Waals surface area (Å²) >= 11 is 11.1. The Labute approximate surface area is 165 Å². The third-order valence-electron chi connectivity index (χ3n) is 4.86. The van der Waals surface area contributed by atoms with Gasteiger partial charge in [-0.2, -0.15) is 0 Å². The Morgan fingerprint density at radius 2 is 2.16 bits per heavy atom. The van der Waals surface area contributed by atoms with Gasteiger partial charge < -0.3 is 10.2 Å². The van der Waals surface area contributed by atoms with Crippen molar-refractivity contribution >= 4 is 39.3 Å². The SMILES string of the molecule is CSc1nc(Cl)c(CO)c(CC2(O)CC[C@@H](C)c3ccc(Br)cc32)n1. The van der Waals surface area contributed by atoms with Crippen molar-refractivity contribution in [1.82, 2.24) is 9.97 Å². The van der Waals surface area contributed by atoms with E-state index in [0.717, 1.165) is 22.0 Å². The monoisotopic (exact) mass is 442 g/mol. The van der Waals surface area contributed by atoms with E-state index >= 15 is 0 Å². The second-order valence-electron chi connectivity index (χ2n) is 6.46. The first kappa shape index (κ1) is 19.1. The Morgan fingerprint density at radius 1 is 1.40 bits per heavy atom. The summed E-state index contributed by atoms with van der Waals surface area (Å²) in [6, 6.07) is 6.07. The molecular weight excluding hydrogens is 424 g/mol. The molecule has 3 rings (SSSR count). The highest BCUT2D eigenvalue weighted by atomic mass is 79.9. The van der Waals surface area contributed by atoms with E-state index in [1.807, 2.05) is 18.4 Å². The quantitative estimate of drug-likeness (QED) is 0.415. The Kier molecular flexibility index (Phi) is 5.75. The molecule has 0 amide bonds. The summed E-state index contributed by atoms with van der Waals surface area (Å²) in [5.74, 6) is 0.399. The third-order valence-corrected chi connectivity index (χ3v) is 6.21. The van der Waals surface area contributed by atoms with Crippen molar-refractivity contribution in [2.24, 2.45) is 0 Å². The van der Waals surface area contributed by atoms with Crippen molar-refractivity contribution < 1.29 is 10.2 Å². The van der Waals surface area contributed by atoms with Crippen LogP contribution in [0.5, 0.6) is 0 Å². The number of aromatic nitrogens is 2. The zero-order valence-corrected chi connectivity index (χ0v) is 17.2. The molecular formula is C18H20BrClN2O2S. The van der Waals surface area contributed by atoms with Gasteiger partial charge in [0.05, 0.1) is 17.9 Å². The van der Waals surface area contributed by atoms with Crippen molar-refractivity contribution in [3.05, 3.63) is 50.2 Å². The van der Waals surface area contributed by atoms with Gasteiger partial charge in [-0.05, 0) is 48.3 Å². The number of fused-ring (bicyclic) bond motifs is 1. The fraction of sp³-hybridized carbons (Fsp3) is 0.444. The van der Waals surface area contributed by atoms with Crippen LogP contribution in [-0.2, 0) is 18.6 Å². The first-order valence-corrected chi connectivity index (χ1v) is 10.5. The van der Waals surface area contributed by atoms with Gasteiger partial charge >= 0.3 is 0 Å². The van der Waals surface area contributed by atoms with Crippen LogP contribution in [0, 0.1) is 0 Å². The minimum atomic E-state index is -1.04. The summed E-state index contributed by atoms with van der Waals surface area (Å²) in [4.78, 5) is 8.69. The lowest BCUT2D eigenvalue weighted by Gasteiger charge is -2.37. The van der Waals surface area contributed by atoms with Gasteiger partial charge in [-0.25, -0.2) is 9.97 Å². The number of aliphatic hydroxyl groups is 2. The van der Waals surface area contributed by atoms with Gasteiger partial charge in [-0.1, -0.05) is 52.3 Å². The van der Waals surface area contributed by atoms with Gasteiger partial charge in [0.15, 0.2) is 5.16 Å². The number of aliphatic hydroxyl groups excluding tert-OH is 1. The molecule has 1 aromatic heterocycles. The van der Waals surface area contributed by atoms with Crippen LogP contribution in [0.1, 0.15) is 48.1 Å². The van der Waals surface area contributed by atoms with E-state index in [4.69, 9.17) is 11.6 Å². The van der Waals surface area contributed by atoms with E-state index in [2.05, 4.69) is 38.9 Å². The predicted octanol–water partition coefficient (Wildman–Crippen LogP) is 4.43. The maximum absolute atomic E-state index is 11.5. The smallest absolute Gasteiger partial charge is 0.188 e. The number of thioether (sulfide) groups is 1. The number of nitrogens with zero attached hydrogens (tertiary/aromatic N) is 2. The predicted molar refractivity (Wildman–Crippen MR) is 104 cm³/mol. The zero-order chi connectivity index (χ0) is 18.2. The fourth-order valence-electron chi connectivity index (χ4n) is 3.44. The molecule has 2 aromatic rings. The van der Waals surface area contributed by atoms with Crippen LogP contribution < -0.4 is 0 Å². The highest BCUT2D eigenvalue weighted by Crippen LogP contribution is 2.44. The van der Waals surface area contributed by atoms with Crippen LogP contribution in [0.2, 0.25) is 5.15 Å². The van der Waals surface area contributed by atoms with Crippen molar-refractivity contribution in [1.29, 1.82) is 0 Å². The normalized spacial score (nSPS) is 22.7. The van der Waals surface area contributed by atoms with Crippen molar-refractivity contribution in [3.8, 4) is 0 Å². The van der Waals surface area contributed by atoms with Crippen LogP contribution in [0.25, 0.3) is 0 Å². The molecule has 1 heterocycles. The lowest BCUT2D eigenvalue weighted by molar-refractivity contribution is 0.0143. The number of halogens is 2. The molecule has 0 fully saturated rings. The average molecular weight is 444 g/mol. The molecule has 0 spiro atoms. The molecule has 0 saturated carbocycles. The van der Waals surface area contributed by atoms with Crippen LogP contribution in [0.4, 0.5) is 0 Å². The maximum Gasteiger partial charge on any atom is 0.188 e. The Hall–Kier alpha value is -0.660. The molecule has 0 bridgehead atoms. The Balaban J connectivity index is 2.08. The van der Waals surface area contributed by atoms with E-state index < -0.39 is 5.60 Å². The molecule has 2 atom stereocenters. The minimum Gasteiger partial charge on any atom is -0.391 e. The van der Waals surface area contributed by atoms with Gasteiger partial charge in [-0.3, -0.25) is 0 Å². The molecule has 1 unspecified atom stereocenters. The summed E-state index contributed by atoms with van der Waals surface area (Å²) in [6.07, 6.45) is 3.71. The highest BCUT2D eigenvalue weighted by Gasteiger charge is 2.38. The lowest BCUT2D eigenvalue weighted by atomic mass is 9.72. The summed E-state index contributed by atoms with van der Waals surface area (Å²) in [5, 5.41) is 22.0. The molecule has 1 aliphatic rings. The summed E-state index contributed by atoms with van der Waals surface area (Å²) in [7, 11) is 0. The van der Waals surface area contributed by atoms with Crippen molar-refractivity contribution in [2.75, 3.05) is 6.26 Å². The van der Waals surface area contributed by atoms with Crippen LogP contribution in [-0.4, -0.2) is 26.4 Å². The lowest BCUT2D eigenvalue weighted by Crippen LogP contribution is -2.35. The third kappa shape index (κ3) is 3.74. The molecule has 7 heteroatoms. The molecule has 0 aliphatic heterocycles. The first-order chi connectivity index (χ1) is 11.9. The van der Waals surface area contributed by atoms with Crippen molar-refractivity contribution in [3.63, 3.8) is 0 Å². The van der Waals surface area contributed by atoms with E-state index in [0.29, 0.717) is 35.2 Å². The zero-order valence-electron chi connectivity index (χ0n) is 14.1. The van der Waals surface area contributed by atoms with Gasteiger partial charge in [0, 0.05) is 16.5 Å². The summed E-state index contributed by atoms with van der Waals surface area (Å²) in [5.41, 5.74) is 2.14. The molecule has 25 heavy (non-hydrogen) atoms. The minimum absolute atomic E-state index is 0.249. The summed E-state index contributed by atoms with van der Waals surface area (Å²) < 4.78 is 0.937. The first-order valence-electron chi connectivity index (χ1n) is 8.10. The highest BCUT2D eigenvalue weighted by molar-refractivity contribution is 9.10. The van der Waals surface area contributed by atoms with E-state index in [-0.39, 0.29) is 11.8 Å². The molecule has 0 radical (unpaired) electrons. The number of rotatable bonds is 4. The molecule has 4 nitrogen and oxygen atoms in total. The van der Waals surface area contributed by atoms with Crippen LogP contribution in [0.3, 0.4) is 0 Å². The second kappa shape index (κ2) is 7.53. The Morgan fingerprint density at radius 3 is 2.84 bits per heavy atom. The van der Waals surface area contributed by atoms with E-state index in [1.54, 1.807) is 0 Å². The Bertz CT molecular complexity index is 805. The standard InChI is InChI=1S/C18H20BrClN2O2S/c1-10-5-6-18(24,14-7-11(19)3-4-12(10)14)8-15-13(9-23)16(20)22-17(21-15)25-2/h3-4,7,10,23-24H,5-6,8-9H2,1-2H3/t10-,18?/m1/s1. The largest absolute Gasteiger partial charge is 0.391 e. The average Bonchev–Trinajstić information content (AvgIpc) is 2.58. The topological polar surface area (TPSA) is 66.2 Å². The van der Waals surface area contributed by atoms with Crippen molar-refractivity contribution in [2.45, 2.75) is 49.5 Å². The van der Waals surface area contributed by atoms with Gasteiger partial charge in [0.25, 0.3) is 0 Å². The summed E-state index contributed by atoms with van der Waals surface area (Å²) in [6.45, 7) is 1.93.